The Morgan fingerprint density at radius 1 is 1.11 bits per heavy atom. The summed E-state index contributed by atoms with van der Waals surface area (Å²) in [5.74, 6) is 0.370. The number of benzene rings is 1. The van der Waals surface area contributed by atoms with Crippen LogP contribution in [0.2, 0.25) is 0 Å². The molecule has 0 amide bonds. The first kappa shape index (κ1) is 12.0. The van der Waals surface area contributed by atoms with Gasteiger partial charge in [-0.3, -0.25) is 0 Å². The van der Waals surface area contributed by atoms with Gasteiger partial charge in [0.1, 0.15) is 17.3 Å². The minimum Gasteiger partial charge on any atom is -0.508 e. The van der Waals surface area contributed by atoms with Crippen molar-refractivity contribution in [1.29, 1.82) is 0 Å². The third-order valence-corrected chi connectivity index (χ3v) is 2.44. The van der Waals surface area contributed by atoms with Crippen LogP contribution < -0.4 is 5.63 Å². The van der Waals surface area contributed by atoms with E-state index in [2.05, 4.69) is 0 Å². The molecule has 0 spiro atoms. The molecule has 4 nitrogen and oxygen atoms in total. The van der Waals surface area contributed by atoms with Gasteiger partial charge in [-0.2, -0.15) is 0 Å². The Hall–Kier alpha value is -2.49. The maximum Gasteiger partial charge on any atom is 0.339 e. The number of rotatable bonds is 2. The van der Waals surface area contributed by atoms with Crippen LogP contribution in [0, 0.1) is 6.92 Å². The SMILES string of the molecule is Cc1cc(/C=C/c2cc(O)cc(=O)o2)ccc1O. The summed E-state index contributed by atoms with van der Waals surface area (Å²) in [5, 5.41) is 18.6. The lowest BCUT2D eigenvalue weighted by Crippen LogP contribution is -1.95. The molecule has 0 unspecified atom stereocenters. The molecule has 2 aromatic rings. The zero-order valence-corrected chi connectivity index (χ0v) is 9.75. The normalized spacial score (nSPS) is 10.9. The summed E-state index contributed by atoms with van der Waals surface area (Å²) < 4.78 is 4.88. The van der Waals surface area contributed by atoms with E-state index in [9.17, 15) is 15.0 Å². The molecule has 0 atom stereocenters. The van der Waals surface area contributed by atoms with Crippen molar-refractivity contribution in [2.24, 2.45) is 0 Å². The highest BCUT2D eigenvalue weighted by atomic mass is 16.4. The van der Waals surface area contributed by atoms with E-state index in [1.165, 1.54) is 6.07 Å². The van der Waals surface area contributed by atoms with Gasteiger partial charge in [-0.25, -0.2) is 4.79 Å². The van der Waals surface area contributed by atoms with Crippen LogP contribution in [-0.4, -0.2) is 10.2 Å². The Bertz CT molecular complexity index is 653. The number of phenolic OH excluding ortho intramolecular Hbond substituents is 1. The van der Waals surface area contributed by atoms with Gasteiger partial charge in [0.2, 0.25) is 0 Å². The second-order valence-corrected chi connectivity index (χ2v) is 3.92. The van der Waals surface area contributed by atoms with Crippen molar-refractivity contribution >= 4 is 12.2 Å². The van der Waals surface area contributed by atoms with Crippen LogP contribution >= 0.6 is 0 Å². The highest BCUT2D eigenvalue weighted by Gasteiger charge is 1.98. The summed E-state index contributed by atoms with van der Waals surface area (Å²) in [5.41, 5.74) is 1.02. The molecule has 0 saturated carbocycles. The highest BCUT2D eigenvalue weighted by Crippen LogP contribution is 2.18. The molecule has 4 heteroatoms. The van der Waals surface area contributed by atoms with Crippen molar-refractivity contribution in [3.63, 3.8) is 0 Å². The maximum absolute atomic E-state index is 11.0. The van der Waals surface area contributed by atoms with Gasteiger partial charge >= 0.3 is 5.63 Å². The molecular weight excluding hydrogens is 232 g/mol. The topological polar surface area (TPSA) is 70.7 Å². The van der Waals surface area contributed by atoms with Gasteiger partial charge in [-0.15, -0.1) is 0 Å². The minimum atomic E-state index is -0.600. The van der Waals surface area contributed by atoms with Crippen LogP contribution in [0.25, 0.3) is 12.2 Å². The zero-order valence-electron chi connectivity index (χ0n) is 9.75. The van der Waals surface area contributed by atoms with Gasteiger partial charge in [-0.05, 0) is 36.3 Å². The highest BCUT2D eigenvalue weighted by molar-refractivity contribution is 5.68. The van der Waals surface area contributed by atoms with E-state index < -0.39 is 5.63 Å². The molecule has 0 aliphatic heterocycles. The predicted molar refractivity (Wildman–Crippen MR) is 68.4 cm³/mol. The second kappa shape index (κ2) is 4.79. The summed E-state index contributed by atoms with van der Waals surface area (Å²) in [6.45, 7) is 1.79. The molecular formula is C14H12O4. The molecule has 0 fully saturated rings. The number of hydrogen-bond donors (Lipinski definition) is 2. The first-order chi connectivity index (χ1) is 8.54. The van der Waals surface area contributed by atoms with Crippen molar-refractivity contribution in [3.8, 4) is 11.5 Å². The molecule has 92 valence electrons. The number of phenols is 1. The monoisotopic (exact) mass is 244 g/mol. The summed E-state index contributed by atoms with van der Waals surface area (Å²) in [6, 6.07) is 7.48. The first-order valence-electron chi connectivity index (χ1n) is 5.36. The fourth-order valence-corrected chi connectivity index (χ4v) is 1.53. The number of aryl methyl sites for hydroxylation is 1. The van der Waals surface area contributed by atoms with Crippen molar-refractivity contribution in [1.82, 2.24) is 0 Å². The van der Waals surface area contributed by atoms with E-state index in [0.717, 1.165) is 17.2 Å². The Kier molecular flexibility index (Phi) is 3.19. The molecule has 0 aliphatic carbocycles. The molecule has 0 radical (unpaired) electrons. The van der Waals surface area contributed by atoms with Crippen LogP contribution in [0.3, 0.4) is 0 Å². The van der Waals surface area contributed by atoms with Crippen LogP contribution in [0.4, 0.5) is 0 Å². The first-order valence-corrected chi connectivity index (χ1v) is 5.36. The van der Waals surface area contributed by atoms with Crippen molar-refractivity contribution in [2.75, 3.05) is 0 Å². The quantitative estimate of drug-likeness (QED) is 0.851. The van der Waals surface area contributed by atoms with Crippen molar-refractivity contribution < 1.29 is 14.6 Å². The van der Waals surface area contributed by atoms with Gasteiger partial charge in [0.25, 0.3) is 0 Å². The van der Waals surface area contributed by atoms with Crippen LogP contribution in [-0.2, 0) is 0 Å². The van der Waals surface area contributed by atoms with Gasteiger partial charge < -0.3 is 14.6 Å². The summed E-state index contributed by atoms with van der Waals surface area (Å²) in [4.78, 5) is 11.0. The summed E-state index contributed by atoms with van der Waals surface area (Å²) >= 11 is 0. The number of hydrogen-bond acceptors (Lipinski definition) is 4. The fraction of sp³-hybridized carbons (Fsp3) is 0.0714. The largest absolute Gasteiger partial charge is 0.508 e. The zero-order chi connectivity index (χ0) is 13.1. The van der Waals surface area contributed by atoms with Gasteiger partial charge in [0.15, 0.2) is 0 Å². The van der Waals surface area contributed by atoms with Crippen LogP contribution in [0.5, 0.6) is 11.5 Å². The molecule has 1 heterocycles. The van der Waals surface area contributed by atoms with Crippen LogP contribution in [0.1, 0.15) is 16.9 Å². The van der Waals surface area contributed by atoms with E-state index in [1.807, 2.05) is 0 Å². The molecule has 2 N–H and O–H groups in total. The Balaban J connectivity index is 2.29. The van der Waals surface area contributed by atoms with Gasteiger partial charge in [0, 0.05) is 6.07 Å². The molecule has 0 bridgehead atoms. The third kappa shape index (κ3) is 2.79. The van der Waals surface area contributed by atoms with E-state index >= 15 is 0 Å². The average Bonchev–Trinajstić information content (AvgIpc) is 2.29. The predicted octanol–water partition coefficient (Wildman–Crippen LogP) is 2.53. The molecule has 2 rings (SSSR count). The average molecular weight is 244 g/mol. The number of aromatic hydroxyl groups is 2. The second-order valence-electron chi connectivity index (χ2n) is 3.92. The molecule has 1 aromatic heterocycles. The molecule has 18 heavy (non-hydrogen) atoms. The van der Waals surface area contributed by atoms with E-state index in [-0.39, 0.29) is 17.3 Å². The Labute approximate surface area is 103 Å². The summed E-state index contributed by atoms with van der Waals surface area (Å²) in [7, 11) is 0. The Morgan fingerprint density at radius 3 is 2.56 bits per heavy atom. The van der Waals surface area contributed by atoms with E-state index in [4.69, 9.17) is 4.42 Å². The minimum absolute atomic E-state index is 0.132. The van der Waals surface area contributed by atoms with E-state index in [1.54, 1.807) is 37.3 Å². The van der Waals surface area contributed by atoms with Gasteiger partial charge in [-0.1, -0.05) is 12.1 Å². The maximum atomic E-state index is 11.0. The fourth-order valence-electron chi connectivity index (χ4n) is 1.53. The Morgan fingerprint density at radius 2 is 1.89 bits per heavy atom. The molecule has 0 aliphatic rings. The van der Waals surface area contributed by atoms with Crippen LogP contribution in [0.15, 0.2) is 39.5 Å². The van der Waals surface area contributed by atoms with E-state index in [0.29, 0.717) is 0 Å². The lowest BCUT2D eigenvalue weighted by molar-refractivity contribution is 0.444. The summed E-state index contributed by atoms with van der Waals surface area (Å²) in [6.07, 6.45) is 3.30. The smallest absolute Gasteiger partial charge is 0.339 e. The molecule has 1 aromatic carbocycles. The lowest BCUT2D eigenvalue weighted by Gasteiger charge is -1.99. The van der Waals surface area contributed by atoms with Crippen molar-refractivity contribution in [2.45, 2.75) is 6.92 Å². The lowest BCUT2D eigenvalue weighted by atomic mass is 10.1. The van der Waals surface area contributed by atoms with Gasteiger partial charge in [0.05, 0.1) is 6.07 Å². The third-order valence-electron chi connectivity index (χ3n) is 2.44. The van der Waals surface area contributed by atoms with Crippen molar-refractivity contribution in [3.05, 3.63) is 57.6 Å². The standard InChI is InChI=1S/C14H12O4/c1-9-6-10(3-5-13(9)16)2-4-12-7-11(15)8-14(17)18-12/h2-8,15-16H,1H3/b4-2+. The molecule has 0 saturated heterocycles.